The van der Waals surface area contributed by atoms with Gasteiger partial charge in [0.05, 0.1) is 7.05 Å². The summed E-state index contributed by atoms with van der Waals surface area (Å²) in [5.41, 5.74) is 3.99. The zero-order valence-electron chi connectivity index (χ0n) is 15.2. The number of hydrogen-bond donors (Lipinski definition) is 0. The summed E-state index contributed by atoms with van der Waals surface area (Å²) in [7, 11) is 2.14. The van der Waals surface area contributed by atoms with Crippen molar-refractivity contribution in [2.75, 3.05) is 11.9 Å². The van der Waals surface area contributed by atoms with Crippen molar-refractivity contribution < 1.29 is 4.58 Å². The van der Waals surface area contributed by atoms with E-state index in [0.29, 0.717) is 12.1 Å². The fraction of sp³-hybridized carbons (Fsp3) is 0.208. The second kappa shape index (κ2) is 7.57. The quantitative estimate of drug-likeness (QED) is 0.452. The fourth-order valence-electron chi connectivity index (χ4n) is 3.95. The Labute approximate surface area is 156 Å². The van der Waals surface area contributed by atoms with Crippen LogP contribution < -0.4 is 4.90 Å². The monoisotopic (exact) mass is 341 g/mol. The number of anilines is 1. The van der Waals surface area contributed by atoms with Gasteiger partial charge in [-0.25, -0.2) is 4.90 Å². The molecule has 0 bridgehead atoms. The van der Waals surface area contributed by atoms with Crippen LogP contribution in [0.15, 0.2) is 91.0 Å². The Hall–Kier alpha value is -2.87. The number of para-hydroxylation sites is 1. The molecule has 1 aliphatic rings. The molecule has 2 nitrogen and oxygen atoms in total. The maximum Gasteiger partial charge on any atom is 0.240 e. The molecule has 0 radical (unpaired) electrons. The van der Waals surface area contributed by atoms with E-state index in [4.69, 9.17) is 0 Å². The minimum atomic E-state index is 0.410. The van der Waals surface area contributed by atoms with Gasteiger partial charge in [0.2, 0.25) is 6.34 Å². The Morgan fingerprint density at radius 2 is 1.12 bits per heavy atom. The van der Waals surface area contributed by atoms with Gasteiger partial charge < -0.3 is 0 Å². The molecule has 130 valence electrons. The highest BCUT2D eigenvalue weighted by Gasteiger charge is 2.35. The van der Waals surface area contributed by atoms with E-state index in [2.05, 4.69) is 114 Å². The third-order valence-electron chi connectivity index (χ3n) is 5.27. The summed E-state index contributed by atoms with van der Waals surface area (Å²) in [5, 5.41) is 0. The lowest BCUT2D eigenvalue weighted by molar-refractivity contribution is -0.587. The van der Waals surface area contributed by atoms with Gasteiger partial charge in [0.15, 0.2) is 0 Å². The van der Waals surface area contributed by atoms with Crippen molar-refractivity contribution in [2.45, 2.75) is 24.9 Å². The molecule has 1 aliphatic heterocycles. The molecular formula is C24H25N2+. The highest BCUT2D eigenvalue weighted by atomic mass is 15.2. The van der Waals surface area contributed by atoms with Crippen molar-refractivity contribution in [3.63, 3.8) is 0 Å². The van der Waals surface area contributed by atoms with Crippen LogP contribution in [0.4, 0.5) is 5.69 Å². The first-order valence-electron chi connectivity index (χ1n) is 9.33. The second-order valence-electron chi connectivity index (χ2n) is 6.94. The maximum atomic E-state index is 2.54. The van der Waals surface area contributed by atoms with E-state index < -0.39 is 0 Å². The van der Waals surface area contributed by atoms with E-state index in [1.807, 2.05) is 0 Å². The third kappa shape index (κ3) is 3.41. The molecule has 0 amide bonds. The molecule has 1 fully saturated rings. The molecule has 3 aromatic carbocycles. The summed E-state index contributed by atoms with van der Waals surface area (Å²) >= 11 is 0. The van der Waals surface area contributed by atoms with Crippen LogP contribution in [0.3, 0.4) is 0 Å². The van der Waals surface area contributed by atoms with Crippen molar-refractivity contribution in [1.29, 1.82) is 0 Å². The van der Waals surface area contributed by atoms with E-state index in [1.165, 1.54) is 29.7 Å². The Bertz CT molecular complexity index is 807. The first kappa shape index (κ1) is 16.6. The van der Waals surface area contributed by atoms with Gasteiger partial charge >= 0.3 is 0 Å². The van der Waals surface area contributed by atoms with Crippen LogP contribution in [-0.2, 0) is 0 Å². The lowest BCUT2D eigenvalue weighted by Gasteiger charge is -2.19. The van der Waals surface area contributed by atoms with E-state index in [-0.39, 0.29) is 0 Å². The Kier molecular flexibility index (Phi) is 4.83. The van der Waals surface area contributed by atoms with E-state index in [1.54, 1.807) is 0 Å². The summed E-state index contributed by atoms with van der Waals surface area (Å²) < 4.78 is 2.54. The lowest BCUT2D eigenvalue weighted by atomic mass is 10.0. The van der Waals surface area contributed by atoms with Gasteiger partial charge in [0.1, 0.15) is 17.8 Å². The average molecular weight is 341 g/mol. The third-order valence-corrected chi connectivity index (χ3v) is 5.27. The zero-order chi connectivity index (χ0) is 17.8. The molecule has 0 saturated carbocycles. The van der Waals surface area contributed by atoms with Gasteiger partial charge in [-0.3, -0.25) is 4.58 Å². The number of rotatable bonds is 4. The summed E-state index contributed by atoms with van der Waals surface area (Å²) in [4.78, 5) is 2.23. The van der Waals surface area contributed by atoms with Crippen molar-refractivity contribution in [2.24, 2.45) is 0 Å². The Balaban J connectivity index is 1.73. The molecule has 3 aromatic rings. The standard InChI is InChI=1S/C24H25N2/c1-25(22-15-9-4-10-16-22)19-26-23(20-11-5-2-6-12-20)17-18-24(26)21-13-7-3-8-14-21/h2-16,19,23-24H,17-18H2,1H3/q+1/t23-,24-/m1/s1. The fourth-order valence-corrected chi connectivity index (χ4v) is 3.95. The topological polar surface area (TPSA) is 6.25 Å². The van der Waals surface area contributed by atoms with E-state index in [9.17, 15) is 0 Å². The predicted octanol–water partition coefficient (Wildman–Crippen LogP) is 5.44. The van der Waals surface area contributed by atoms with Crippen LogP contribution in [0.5, 0.6) is 0 Å². The predicted molar refractivity (Wildman–Crippen MR) is 109 cm³/mol. The normalized spacial score (nSPS) is 19.3. The second-order valence-corrected chi connectivity index (χ2v) is 6.94. The Morgan fingerprint density at radius 1 is 0.692 bits per heavy atom. The smallest absolute Gasteiger partial charge is 0.240 e. The van der Waals surface area contributed by atoms with Gasteiger partial charge in [-0.2, -0.15) is 0 Å². The van der Waals surface area contributed by atoms with Gasteiger partial charge in [0.25, 0.3) is 0 Å². The molecule has 0 spiro atoms. The number of nitrogens with zero attached hydrogens (tertiary/aromatic N) is 2. The molecule has 1 saturated heterocycles. The molecule has 4 rings (SSSR count). The SMILES string of the molecule is CN(C=[N+]1[C@@H](c2ccccc2)CC[C@@H]1c1ccccc1)c1ccccc1. The largest absolute Gasteiger partial charge is 0.254 e. The molecule has 1 heterocycles. The van der Waals surface area contributed by atoms with Crippen LogP contribution in [0, 0.1) is 0 Å². The average Bonchev–Trinajstić information content (AvgIpc) is 3.13. The summed E-state index contributed by atoms with van der Waals surface area (Å²) in [5.74, 6) is 0. The van der Waals surface area contributed by atoms with Crippen LogP contribution in [0.1, 0.15) is 36.1 Å². The first-order chi connectivity index (χ1) is 12.8. The molecule has 0 aliphatic carbocycles. The molecule has 0 N–H and O–H groups in total. The highest BCUT2D eigenvalue weighted by molar-refractivity contribution is 5.75. The lowest BCUT2D eigenvalue weighted by Crippen LogP contribution is -2.26. The number of hydrogen-bond acceptors (Lipinski definition) is 0. The van der Waals surface area contributed by atoms with E-state index >= 15 is 0 Å². The van der Waals surface area contributed by atoms with Crippen LogP contribution >= 0.6 is 0 Å². The van der Waals surface area contributed by atoms with Crippen LogP contribution in [-0.4, -0.2) is 18.0 Å². The molecule has 0 aromatic heterocycles. The molecule has 26 heavy (non-hydrogen) atoms. The van der Waals surface area contributed by atoms with Crippen molar-refractivity contribution >= 4 is 12.0 Å². The summed E-state index contributed by atoms with van der Waals surface area (Å²) in [6, 6.07) is 33.1. The van der Waals surface area contributed by atoms with Crippen LogP contribution in [0.25, 0.3) is 0 Å². The van der Waals surface area contributed by atoms with Gasteiger partial charge in [-0.15, -0.1) is 0 Å². The van der Waals surface area contributed by atoms with Crippen molar-refractivity contribution in [3.8, 4) is 0 Å². The first-order valence-corrected chi connectivity index (χ1v) is 9.33. The van der Waals surface area contributed by atoms with Crippen molar-refractivity contribution in [1.82, 2.24) is 0 Å². The highest BCUT2D eigenvalue weighted by Crippen LogP contribution is 2.40. The van der Waals surface area contributed by atoms with Crippen LogP contribution in [0.2, 0.25) is 0 Å². The van der Waals surface area contributed by atoms with Gasteiger partial charge in [-0.05, 0) is 36.1 Å². The minimum absolute atomic E-state index is 0.410. The molecule has 0 unspecified atom stereocenters. The van der Waals surface area contributed by atoms with E-state index in [0.717, 1.165) is 0 Å². The minimum Gasteiger partial charge on any atom is -0.254 e. The maximum absolute atomic E-state index is 2.54. The number of benzene rings is 3. The van der Waals surface area contributed by atoms with Gasteiger partial charge in [0, 0.05) is 0 Å². The molecular weight excluding hydrogens is 316 g/mol. The summed E-state index contributed by atoms with van der Waals surface area (Å²) in [6.45, 7) is 0. The zero-order valence-corrected chi connectivity index (χ0v) is 15.2. The molecule has 2 heteroatoms. The van der Waals surface area contributed by atoms with Crippen molar-refractivity contribution in [3.05, 3.63) is 102 Å². The van der Waals surface area contributed by atoms with Gasteiger partial charge in [-0.1, -0.05) is 78.9 Å². The Morgan fingerprint density at radius 3 is 1.58 bits per heavy atom. The molecule has 2 atom stereocenters. The summed E-state index contributed by atoms with van der Waals surface area (Å²) in [6.07, 6.45) is 4.63.